The van der Waals surface area contributed by atoms with Gasteiger partial charge in [-0.1, -0.05) is 68.8 Å². The van der Waals surface area contributed by atoms with Crippen molar-refractivity contribution in [2.75, 3.05) is 0 Å². The van der Waals surface area contributed by atoms with E-state index in [0.717, 1.165) is 11.1 Å². The Morgan fingerprint density at radius 2 is 1.67 bits per heavy atom. The summed E-state index contributed by atoms with van der Waals surface area (Å²) in [6, 6.07) is 19.0. The molecule has 168 valence electrons. The quantitative estimate of drug-likeness (QED) is 0.357. The molecule has 3 aromatic carbocycles. The fourth-order valence-corrected chi connectivity index (χ4v) is 3.66. The van der Waals surface area contributed by atoms with Crippen LogP contribution >= 0.6 is 11.6 Å². The van der Waals surface area contributed by atoms with Gasteiger partial charge in [0, 0.05) is 10.6 Å². The second-order valence-corrected chi connectivity index (χ2v) is 9.28. The molecule has 0 amide bonds. The molecule has 0 aliphatic carbocycles. The van der Waals surface area contributed by atoms with Crippen molar-refractivity contribution < 1.29 is 19.1 Å². The molecule has 1 heterocycles. The van der Waals surface area contributed by atoms with Gasteiger partial charge in [0.05, 0.1) is 10.9 Å². The van der Waals surface area contributed by atoms with Crippen LogP contribution in [0.1, 0.15) is 42.3 Å². The number of carboxylic acids is 1. The molecule has 0 aliphatic rings. The number of ether oxygens (including phenoxy) is 1. The maximum Gasteiger partial charge on any atom is 0.335 e. The van der Waals surface area contributed by atoms with E-state index < -0.39 is 5.97 Å². The van der Waals surface area contributed by atoms with Crippen molar-refractivity contribution in [1.29, 1.82) is 0 Å². The van der Waals surface area contributed by atoms with Crippen molar-refractivity contribution in [3.8, 4) is 17.1 Å². The molecule has 4 aromatic rings. The second-order valence-electron chi connectivity index (χ2n) is 8.85. The summed E-state index contributed by atoms with van der Waals surface area (Å²) < 4.78 is 12.1. The van der Waals surface area contributed by atoms with Gasteiger partial charge in [-0.15, -0.1) is 0 Å². The van der Waals surface area contributed by atoms with E-state index in [1.165, 1.54) is 12.1 Å². The highest BCUT2D eigenvalue weighted by Crippen LogP contribution is 2.33. The van der Waals surface area contributed by atoms with Crippen molar-refractivity contribution in [2.45, 2.75) is 32.8 Å². The molecule has 0 bridgehead atoms. The van der Waals surface area contributed by atoms with Crippen molar-refractivity contribution >= 4 is 28.5 Å². The highest BCUT2D eigenvalue weighted by Gasteiger charge is 2.20. The normalized spacial score (nSPS) is 11.5. The van der Waals surface area contributed by atoms with E-state index in [1.54, 1.807) is 30.3 Å². The van der Waals surface area contributed by atoms with Gasteiger partial charge in [0.25, 0.3) is 0 Å². The third-order valence-electron chi connectivity index (χ3n) is 5.41. The van der Waals surface area contributed by atoms with Crippen LogP contribution in [0, 0.1) is 0 Å². The molecule has 0 atom stereocenters. The summed E-state index contributed by atoms with van der Waals surface area (Å²) in [5, 5.41) is 9.83. The van der Waals surface area contributed by atoms with Crippen LogP contribution in [0.2, 0.25) is 5.02 Å². The van der Waals surface area contributed by atoms with Gasteiger partial charge in [0.1, 0.15) is 12.2 Å². The minimum absolute atomic E-state index is 0.0130. The van der Waals surface area contributed by atoms with Crippen LogP contribution < -0.4 is 10.2 Å². The summed E-state index contributed by atoms with van der Waals surface area (Å²) in [5.41, 5.74) is 2.85. The van der Waals surface area contributed by atoms with Gasteiger partial charge in [0.2, 0.25) is 11.2 Å². The van der Waals surface area contributed by atoms with Crippen LogP contribution in [-0.2, 0) is 12.0 Å². The Labute approximate surface area is 196 Å². The minimum atomic E-state index is -1.00. The Bertz CT molecular complexity index is 1380. The highest BCUT2D eigenvalue weighted by molar-refractivity contribution is 6.31. The van der Waals surface area contributed by atoms with Crippen molar-refractivity contribution in [1.82, 2.24) is 0 Å². The lowest BCUT2D eigenvalue weighted by atomic mass is 9.86. The first-order chi connectivity index (χ1) is 15.6. The van der Waals surface area contributed by atoms with E-state index in [9.17, 15) is 9.59 Å². The molecule has 5 nitrogen and oxygen atoms in total. The van der Waals surface area contributed by atoms with Crippen LogP contribution in [0.15, 0.2) is 75.9 Å². The predicted molar refractivity (Wildman–Crippen MR) is 129 cm³/mol. The predicted octanol–water partition coefficient (Wildman–Crippen LogP) is 6.69. The molecule has 0 radical (unpaired) electrons. The summed E-state index contributed by atoms with van der Waals surface area (Å²) in [5.74, 6) is -0.594. The van der Waals surface area contributed by atoms with Gasteiger partial charge in [-0.05, 0) is 46.9 Å². The standard InChI is InChI=1S/C27H23ClO5/c1-27(2,3)19-10-8-17(9-11-19)24-25(23(29)21-14-20(28)12-13-22(21)33-24)32-15-16-4-6-18(7-5-16)26(30)31/h4-14H,15H2,1-3H3,(H,30,31). The zero-order valence-electron chi connectivity index (χ0n) is 18.5. The van der Waals surface area contributed by atoms with E-state index in [4.69, 9.17) is 25.9 Å². The molecule has 0 aliphatic heterocycles. The van der Waals surface area contributed by atoms with Crippen molar-refractivity contribution in [3.05, 3.63) is 98.7 Å². The fourth-order valence-electron chi connectivity index (χ4n) is 3.49. The topological polar surface area (TPSA) is 76.7 Å². The number of fused-ring (bicyclic) bond motifs is 1. The lowest BCUT2D eigenvalue weighted by Gasteiger charge is -2.19. The van der Waals surface area contributed by atoms with E-state index >= 15 is 0 Å². The summed E-state index contributed by atoms with van der Waals surface area (Å²) in [7, 11) is 0. The van der Waals surface area contributed by atoms with Gasteiger partial charge in [-0.25, -0.2) is 4.79 Å². The molecular weight excluding hydrogens is 440 g/mol. The molecular formula is C27H23ClO5. The Morgan fingerprint density at radius 3 is 2.27 bits per heavy atom. The Morgan fingerprint density at radius 1 is 1.00 bits per heavy atom. The first kappa shape index (κ1) is 22.6. The monoisotopic (exact) mass is 462 g/mol. The average molecular weight is 463 g/mol. The number of rotatable bonds is 5. The number of benzene rings is 3. The van der Waals surface area contributed by atoms with Gasteiger partial charge in [-0.2, -0.15) is 0 Å². The Balaban J connectivity index is 1.78. The molecule has 0 fully saturated rings. The first-order valence-electron chi connectivity index (χ1n) is 10.5. The summed E-state index contributed by atoms with van der Waals surface area (Å²) in [6.07, 6.45) is 0. The number of aromatic carboxylic acids is 1. The number of carbonyl (C=O) groups is 1. The third-order valence-corrected chi connectivity index (χ3v) is 5.64. The molecule has 0 saturated heterocycles. The number of carboxylic acid groups (broad SMARTS) is 1. The molecule has 0 spiro atoms. The van der Waals surface area contributed by atoms with Crippen LogP contribution in [-0.4, -0.2) is 11.1 Å². The van der Waals surface area contributed by atoms with Crippen molar-refractivity contribution in [2.24, 2.45) is 0 Å². The summed E-state index contributed by atoms with van der Waals surface area (Å²) in [6.45, 7) is 6.47. The second kappa shape index (κ2) is 8.75. The van der Waals surface area contributed by atoms with Gasteiger partial charge in [-0.3, -0.25) is 4.79 Å². The molecule has 33 heavy (non-hydrogen) atoms. The number of hydrogen-bond donors (Lipinski definition) is 1. The molecule has 6 heteroatoms. The lowest BCUT2D eigenvalue weighted by molar-refractivity contribution is 0.0697. The lowest BCUT2D eigenvalue weighted by Crippen LogP contribution is -2.11. The molecule has 1 N–H and O–H groups in total. The Kier molecular flexibility index (Phi) is 6.00. The molecule has 1 aromatic heterocycles. The first-order valence-corrected chi connectivity index (χ1v) is 10.8. The average Bonchev–Trinajstić information content (AvgIpc) is 2.78. The highest BCUT2D eigenvalue weighted by atomic mass is 35.5. The van der Waals surface area contributed by atoms with Crippen LogP contribution in [0.4, 0.5) is 0 Å². The Hall–Kier alpha value is -3.57. The summed E-state index contributed by atoms with van der Waals surface area (Å²) in [4.78, 5) is 24.4. The molecule has 4 rings (SSSR count). The number of hydrogen-bond acceptors (Lipinski definition) is 4. The molecule has 0 saturated carbocycles. The van der Waals surface area contributed by atoms with E-state index in [-0.39, 0.29) is 28.8 Å². The van der Waals surface area contributed by atoms with Crippen LogP contribution in [0.25, 0.3) is 22.3 Å². The SMILES string of the molecule is CC(C)(C)c1ccc(-c2oc3ccc(Cl)cc3c(=O)c2OCc2ccc(C(=O)O)cc2)cc1. The summed E-state index contributed by atoms with van der Waals surface area (Å²) >= 11 is 6.10. The van der Waals surface area contributed by atoms with Crippen LogP contribution in [0.5, 0.6) is 5.75 Å². The maximum atomic E-state index is 13.3. The van der Waals surface area contributed by atoms with Gasteiger partial charge >= 0.3 is 5.97 Å². The smallest absolute Gasteiger partial charge is 0.335 e. The zero-order valence-corrected chi connectivity index (χ0v) is 19.3. The molecule has 0 unspecified atom stereocenters. The van der Waals surface area contributed by atoms with Gasteiger partial charge in [0.15, 0.2) is 5.76 Å². The fraction of sp³-hybridized carbons (Fsp3) is 0.185. The van der Waals surface area contributed by atoms with E-state index in [2.05, 4.69) is 20.8 Å². The van der Waals surface area contributed by atoms with Crippen LogP contribution in [0.3, 0.4) is 0 Å². The number of halogens is 1. The minimum Gasteiger partial charge on any atom is -0.481 e. The van der Waals surface area contributed by atoms with E-state index in [0.29, 0.717) is 27.3 Å². The van der Waals surface area contributed by atoms with E-state index in [1.807, 2.05) is 24.3 Å². The van der Waals surface area contributed by atoms with Gasteiger partial charge < -0.3 is 14.3 Å². The van der Waals surface area contributed by atoms with Crippen molar-refractivity contribution in [3.63, 3.8) is 0 Å². The third kappa shape index (κ3) is 4.78. The zero-order chi connectivity index (χ0) is 23.8. The maximum absolute atomic E-state index is 13.3. The largest absolute Gasteiger partial charge is 0.481 e.